The van der Waals surface area contributed by atoms with Crippen LogP contribution in [-0.2, 0) is 22.6 Å². The van der Waals surface area contributed by atoms with Gasteiger partial charge in [-0.15, -0.1) is 0 Å². The quantitative estimate of drug-likeness (QED) is 0.597. The molecule has 9 heteroatoms. The molecular formula is C24H22Cl2N4O3. The molecular weight excluding hydrogens is 463 g/mol. The van der Waals surface area contributed by atoms with Crippen molar-refractivity contribution in [2.24, 2.45) is 5.92 Å². The Hall–Kier alpha value is -3.03. The lowest BCUT2D eigenvalue weighted by molar-refractivity contribution is -0.136. The first-order valence-corrected chi connectivity index (χ1v) is 11.4. The van der Waals surface area contributed by atoms with Crippen molar-refractivity contribution in [1.82, 2.24) is 15.1 Å². The van der Waals surface area contributed by atoms with E-state index in [1.807, 2.05) is 29.2 Å². The van der Waals surface area contributed by atoms with Crippen molar-refractivity contribution < 1.29 is 14.3 Å². The van der Waals surface area contributed by atoms with Crippen LogP contribution in [0.4, 0.5) is 5.69 Å². The Bertz CT molecular complexity index is 1220. The number of nitrogens with one attached hydrogen (secondary N) is 1. The number of fused-ring (bicyclic) bond motifs is 1. The summed E-state index contributed by atoms with van der Waals surface area (Å²) in [5.41, 5.74) is 4.41. The van der Waals surface area contributed by atoms with Gasteiger partial charge in [0.1, 0.15) is 5.75 Å². The van der Waals surface area contributed by atoms with Crippen molar-refractivity contribution in [2.45, 2.75) is 19.4 Å². The molecule has 33 heavy (non-hydrogen) atoms. The number of carbonyl (C=O) groups excluding carboxylic acids is 2. The number of hydrogen-bond donors (Lipinski definition) is 1. The zero-order valence-electron chi connectivity index (χ0n) is 18.0. The summed E-state index contributed by atoms with van der Waals surface area (Å²) >= 11 is 12.2. The van der Waals surface area contributed by atoms with Crippen LogP contribution in [0.2, 0.25) is 10.0 Å². The highest BCUT2D eigenvalue weighted by atomic mass is 35.5. The van der Waals surface area contributed by atoms with Crippen molar-refractivity contribution in [3.63, 3.8) is 0 Å². The number of anilines is 1. The number of halogens is 2. The third-order valence-corrected chi connectivity index (χ3v) is 6.76. The molecule has 1 aromatic heterocycles. The number of aromatic amines is 1. The summed E-state index contributed by atoms with van der Waals surface area (Å²) in [5.74, 6) is -0.0133. The van der Waals surface area contributed by atoms with Gasteiger partial charge in [-0.05, 0) is 30.3 Å². The van der Waals surface area contributed by atoms with Gasteiger partial charge in [-0.1, -0.05) is 35.3 Å². The zero-order valence-corrected chi connectivity index (χ0v) is 19.5. The Balaban J connectivity index is 1.35. The van der Waals surface area contributed by atoms with Gasteiger partial charge < -0.3 is 14.5 Å². The predicted octanol–water partition coefficient (Wildman–Crippen LogP) is 4.33. The predicted molar refractivity (Wildman–Crippen MR) is 127 cm³/mol. The zero-order chi connectivity index (χ0) is 23.1. The highest BCUT2D eigenvalue weighted by Crippen LogP contribution is 2.36. The van der Waals surface area contributed by atoms with Gasteiger partial charge in [0.2, 0.25) is 11.8 Å². The summed E-state index contributed by atoms with van der Waals surface area (Å²) in [6.07, 6.45) is 0.849. The van der Waals surface area contributed by atoms with Crippen LogP contribution in [0.3, 0.4) is 0 Å². The highest BCUT2D eigenvalue weighted by molar-refractivity contribution is 6.31. The molecule has 0 bridgehead atoms. The van der Waals surface area contributed by atoms with Crippen molar-refractivity contribution in [3.05, 3.63) is 63.8 Å². The van der Waals surface area contributed by atoms with Crippen molar-refractivity contribution in [3.8, 4) is 17.0 Å². The SMILES string of the molecule is COc1ccc(Cl)cc1N1CC(C(=O)N2CCc3[nH]nc(-c4ccc(Cl)cc4)c3C2)CC1=O. The largest absolute Gasteiger partial charge is 0.495 e. The molecule has 2 aromatic carbocycles. The maximum Gasteiger partial charge on any atom is 0.228 e. The molecule has 0 radical (unpaired) electrons. The van der Waals surface area contributed by atoms with E-state index in [0.717, 1.165) is 22.5 Å². The minimum absolute atomic E-state index is 0.0271. The van der Waals surface area contributed by atoms with E-state index >= 15 is 0 Å². The highest BCUT2D eigenvalue weighted by Gasteiger charge is 2.39. The maximum absolute atomic E-state index is 13.4. The van der Waals surface area contributed by atoms with Crippen molar-refractivity contribution in [2.75, 3.05) is 25.1 Å². The van der Waals surface area contributed by atoms with E-state index in [2.05, 4.69) is 10.2 Å². The Morgan fingerprint density at radius 1 is 1.15 bits per heavy atom. The Labute approximate surface area is 201 Å². The summed E-state index contributed by atoms with van der Waals surface area (Å²) in [7, 11) is 1.55. The summed E-state index contributed by atoms with van der Waals surface area (Å²) in [6.45, 7) is 1.33. The fraction of sp³-hybridized carbons (Fsp3) is 0.292. The number of ether oxygens (including phenoxy) is 1. The first kappa shape index (κ1) is 21.8. The molecule has 3 aromatic rings. The number of aromatic nitrogens is 2. The van der Waals surface area contributed by atoms with E-state index in [1.54, 1.807) is 30.2 Å². The third-order valence-electron chi connectivity index (χ3n) is 6.27. The van der Waals surface area contributed by atoms with Crippen molar-refractivity contribution in [1.29, 1.82) is 0 Å². The molecule has 2 aliphatic rings. The summed E-state index contributed by atoms with van der Waals surface area (Å²) < 4.78 is 5.40. The lowest BCUT2D eigenvalue weighted by Gasteiger charge is -2.29. The smallest absolute Gasteiger partial charge is 0.228 e. The molecule has 170 valence electrons. The van der Waals surface area contributed by atoms with E-state index < -0.39 is 5.92 Å². The number of rotatable bonds is 4. The Morgan fingerprint density at radius 3 is 2.67 bits per heavy atom. The lowest BCUT2D eigenvalue weighted by Crippen LogP contribution is -2.40. The van der Waals surface area contributed by atoms with E-state index in [1.165, 1.54) is 0 Å². The average Bonchev–Trinajstić information content (AvgIpc) is 3.42. The second kappa shape index (κ2) is 8.72. The van der Waals surface area contributed by atoms with Gasteiger partial charge in [-0.2, -0.15) is 5.10 Å². The van der Waals surface area contributed by atoms with Crippen LogP contribution in [0.1, 0.15) is 17.7 Å². The maximum atomic E-state index is 13.4. The summed E-state index contributed by atoms with van der Waals surface area (Å²) in [5, 5.41) is 8.76. The van der Waals surface area contributed by atoms with Crippen LogP contribution >= 0.6 is 23.2 Å². The molecule has 0 saturated carbocycles. The number of benzene rings is 2. The van der Waals surface area contributed by atoms with Crippen LogP contribution in [0.25, 0.3) is 11.3 Å². The van der Waals surface area contributed by atoms with Gasteiger partial charge in [0.05, 0.1) is 24.4 Å². The second-order valence-corrected chi connectivity index (χ2v) is 9.14. The van der Waals surface area contributed by atoms with Gasteiger partial charge in [0, 0.05) is 59.3 Å². The minimum Gasteiger partial charge on any atom is -0.495 e. The topological polar surface area (TPSA) is 78.5 Å². The first-order chi connectivity index (χ1) is 15.9. The van der Waals surface area contributed by atoms with Crippen LogP contribution in [0, 0.1) is 5.92 Å². The first-order valence-electron chi connectivity index (χ1n) is 10.7. The molecule has 3 heterocycles. The fourth-order valence-corrected chi connectivity index (χ4v) is 4.86. The van der Waals surface area contributed by atoms with E-state index in [9.17, 15) is 9.59 Å². The molecule has 2 aliphatic heterocycles. The lowest BCUT2D eigenvalue weighted by atomic mass is 9.99. The minimum atomic E-state index is -0.423. The third kappa shape index (κ3) is 4.07. The standard InChI is InChI=1S/C24H22Cl2N4O3/c1-33-21-7-6-17(26)11-20(21)30-12-15(10-22(30)31)24(32)29-9-8-19-18(13-29)23(28-27-19)14-2-4-16(25)5-3-14/h2-7,11,15H,8-10,12-13H2,1H3,(H,27,28). The van der Waals surface area contributed by atoms with Crippen molar-refractivity contribution >= 4 is 40.7 Å². The summed E-state index contributed by atoms with van der Waals surface area (Å²) in [4.78, 5) is 29.6. The molecule has 1 unspecified atom stereocenters. The second-order valence-electron chi connectivity index (χ2n) is 8.27. The van der Waals surface area contributed by atoms with Gasteiger partial charge >= 0.3 is 0 Å². The molecule has 1 N–H and O–H groups in total. The summed E-state index contributed by atoms with van der Waals surface area (Å²) in [6, 6.07) is 12.6. The molecule has 0 aliphatic carbocycles. The monoisotopic (exact) mass is 484 g/mol. The number of nitrogens with zero attached hydrogens (tertiary/aromatic N) is 3. The number of amides is 2. The van der Waals surface area contributed by atoms with E-state index in [-0.39, 0.29) is 18.2 Å². The molecule has 7 nitrogen and oxygen atoms in total. The van der Waals surface area contributed by atoms with Gasteiger partial charge in [-0.25, -0.2) is 0 Å². The van der Waals surface area contributed by atoms with Crippen LogP contribution in [-0.4, -0.2) is 47.1 Å². The number of methoxy groups -OCH3 is 1. The number of H-pyrrole nitrogens is 1. The van der Waals surface area contributed by atoms with Gasteiger partial charge in [-0.3, -0.25) is 14.7 Å². The molecule has 1 fully saturated rings. The number of hydrogen-bond acceptors (Lipinski definition) is 4. The molecule has 5 rings (SSSR count). The Kier molecular flexibility index (Phi) is 5.76. The van der Waals surface area contributed by atoms with Crippen LogP contribution in [0.15, 0.2) is 42.5 Å². The normalized spacial score (nSPS) is 17.9. The Morgan fingerprint density at radius 2 is 1.91 bits per heavy atom. The van der Waals surface area contributed by atoms with Gasteiger partial charge in [0.25, 0.3) is 0 Å². The van der Waals surface area contributed by atoms with Crippen LogP contribution < -0.4 is 9.64 Å². The molecule has 1 atom stereocenters. The van der Waals surface area contributed by atoms with E-state index in [4.69, 9.17) is 27.9 Å². The fourth-order valence-electron chi connectivity index (χ4n) is 4.57. The number of carbonyl (C=O) groups is 2. The molecule has 1 saturated heterocycles. The van der Waals surface area contributed by atoms with Crippen LogP contribution in [0.5, 0.6) is 5.75 Å². The van der Waals surface area contributed by atoms with E-state index in [0.29, 0.717) is 47.5 Å². The molecule has 0 spiro atoms. The average molecular weight is 485 g/mol. The van der Waals surface area contributed by atoms with Gasteiger partial charge in [0.15, 0.2) is 0 Å². The molecule has 2 amide bonds.